The summed E-state index contributed by atoms with van der Waals surface area (Å²) in [5.41, 5.74) is 3.99. The van der Waals surface area contributed by atoms with Gasteiger partial charge in [-0.1, -0.05) is 42.5 Å². The first kappa shape index (κ1) is 17.0. The molecule has 0 aliphatic heterocycles. The van der Waals surface area contributed by atoms with E-state index in [0.717, 1.165) is 5.56 Å². The predicted molar refractivity (Wildman–Crippen MR) is 92.4 cm³/mol. The van der Waals surface area contributed by atoms with Gasteiger partial charge in [0.1, 0.15) is 6.54 Å². The van der Waals surface area contributed by atoms with E-state index in [1.54, 1.807) is 12.1 Å². The number of aromatic nitrogens is 4. The van der Waals surface area contributed by atoms with E-state index in [-0.39, 0.29) is 12.1 Å². The van der Waals surface area contributed by atoms with Crippen LogP contribution in [0.2, 0.25) is 0 Å². The number of hydrazone groups is 1. The van der Waals surface area contributed by atoms with E-state index in [1.165, 1.54) is 23.1 Å². The third kappa shape index (κ3) is 4.35. The highest BCUT2D eigenvalue weighted by atomic mass is 16.4. The fraction of sp³-hybridized carbons (Fsp3) is 0.0588. The average Bonchev–Trinajstić information content (AvgIpc) is 3.11. The van der Waals surface area contributed by atoms with Gasteiger partial charge < -0.3 is 5.11 Å². The zero-order chi connectivity index (χ0) is 18.4. The van der Waals surface area contributed by atoms with Gasteiger partial charge in [0.25, 0.3) is 5.91 Å². The molecule has 9 nitrogen and oxygen atoms in total. The van der Waals surface area contributed by atoms with E-state index in [4.69, 9.17) is 5.11 Å². The van der Waals surface area contributed by atoms with Crippen molar-refractivity contribution >= 4 is 18.1 Å². The molecule has 3 rings (SSSR count). The summed E-state index contributed by atoms with van der Waals surface area (Å²) in [4.78, 5) is 23.8. The molecule has 0 aliphatic rings. The van der Waals surface area contributed by atoms with Crippen LogP contribution in [0.15, 0.2) is 59.7 Å². The van der Waals surface area contributed by atoms with Crippen LogP contribution in [0, 0.1) is 0 Å². The van der Waals surface area contributed by atoms with Crippen LogP contribution in [0.3, 0.4) is 0 Å². The van der Waals surface area contributed by atoms with Gasteiger partial charge in [0.2, 0.25) is 5.82 Å². The van der Waals surface area contributed by atoms with Crippen molar-refractivity contribution in [2.24, 2.45) is 5.10 Å². The molecule has 0 saturated carbocycles. The number of carbonyl (C=O) groups is 2. The van der Waals surface area contributed by atoms with Crippen LogP contribution in [0.4, 0.5) is 0 Å². The summed E-state index contributed by atoms with van der Waals surface area (Å²) in [5, 5.41) is 24.5. The van der Waals surface area contributed by atoms with Crippen molar-refractivity contribution in [3.05, 3.63) is 65.7 Å². The minimum absolute atomic E-state index is 0.130. The van der Waals surface area contributed by atoms with Crippen LogP contribution >= 0.6 is 0 Å². The van der Waals surface area contributed by atoms with Crippen molar-refractivity contribution in [3.63, 3.8) is 0 Å². The van der Waals surface area contributed by atoms with E-state index >= 15 is 0 Å². The van der Waals surface area contributed by atoms with Crippen LogP contribution in [0.25, 0.3) is 11.4 Å². The SMILES string of the molecule is O=C(Cn1nnc(-c2ccccc2)n1)N/N=C/c1ccc(C(=O)O)cc1. The van der Waals surface area contributed by atoms with Crippen molar-refractivity contribution in [2.45, 2.75) is 6.54 Å². The lowest BCUT2D eigenvalue weighted by Crippen LogP contribution is -2.24. The van der Waals surface area contributed by atoms with Gasteiger partial charge in [-0.3, -0.25) is 4.79 Å². The highest BCUT2D eigenvalue weighted by Crippen LogP contribution is 2.11. The summed E-state index contributed by atoms with van der Waals surface area (Å²) in [6.07, 6.45) is 1.41. The Bertz CT molecular complexity index is 935. The lowest BCUT2D eigenvalue weighted by molar-refractivity contribution is -0.122. The molecule has 1 heterocycles. The third-order valence-corrected chi connectivity index (χ3v) is 3.33. The number of hydrogen-bond donors (Lipinski definition) is 2. The molecule has 1 amide bonds. The quantitative estimate of drug-likeness (QED) is 0.508. The Morgan fingerprint density at radius 1 is 1.12 bits per heavy atom. The van der Waals surface area contributed by atoms with Crippen LogP contribution in [-0.2, 0) is 11.3 Å². The monoisotopic (exact) mass is 350 g/mol. The Balaban J connectivity index is 1.54. The molecular formula is C17H14N6O3. The van der Waals surface area contributed by atoms with E-state index in [1.807, 2.05) is 30.3 Å². The summed E-state index contributed by atoms with van der Waals surface area (Å²) in [6.45, 7) is -0.130. The smallest absolute Gasteiger partial charge is 0.335 e. The van der Waals surface area contributed by atoms with Gasteiger partial charge in [-0.25, -0.2) is 10.2 Å². The topological polar surface area (TPSA) is 122 Å². The maximum Gasteiger partial charge on any atom is 0.335 e. The zero-order valence-electron chi connectivity index (χ0n) is 13.5. The van der Waals surface area contributed by atoms with Crippen LogP contribution in [0.1, 0.15) is 15.9 Å². The highest BCUT2D eigenvalue weighted by Gasteiger charge is 2.08. The minimum atomic E-state index is -1.00. The number of aromatic carboxylic acids is 1. The molecule has 0 atom stereocenters. The predicted octanol–water partition coefficient (Wildman–Crippen LogP) is 1.19. The van der Waals surface area contributed by atoms with Crippen LogP contribution in [-0.4, -0.2) is 43.4 Å². The summed E-state index contributed by atoms with van der Waals surface area (Å²) >= 11 is 0. The van der Waals surface area contributed by atoms with Gasteiger partial charge in [0.05, 0.1) is 11.8 Å². The molecule has 0 saturated heterocycles. The standard InChI is InChI=1S/C17H14N6O3/c24-15(19-18-10-12-6-8-14(9-7-12)17(25)26)11-23-21-16(20-22-23)13-4-2-1-3-5-13/h1-10H,11H2,(H,19,24)(H,25,26)/b18-10+. The summed E-state index contributed by atoms with van der Waals surface area (Å²) in [6, 6.07) is 15.4. The Hall–Kier alpha value is -3.88. The molecule has 3 aromatic rings. The number of nitrogens with zero attached hydrogens (tertiary/aromatic N) is 5. The van der Waals surface area contributed by atoms with Crippen LogP contribution < -0.4 is 5.43 Å². The summed E-state index contributed by atoms with van der Waals surface area (Å²) in [7, 11) is 0. The maximum absolute atomic E-state index is 11.9. The minimum Gasteiger partial charge on any atom is -0.478 e. The first-order valence-corrected chi connectivity index (χ1v) is 7.60. The van der Waals surface area contributed by atoms with Gasteiger partial charge in [-0.05, 0) is 22.9 Å². The second-order valence-electron chi connectivity index (χ2n) is 5.23. The number of carbonyl (C=O) groups excluding carboxylic acids is 1. The van der Waals surface area contributed by atoms with Crippen molar-refractivity contribution in [1.29, 1.82) is 0 Å². The molecule has 0 spiro atoms. The van der Waals surface area contributed by atoms with E-state index in [2.05, 4.69) is 25.9 Å². The van der Waals surface area contributed by atoms with E-state index < -0.39 is 11.9 Å². The Kier molecular flexibility index (Phi) is 5.08. The summed E-state index contributed by atoms with van der Waals surface area (Å²) < 4.78 is 0. The molecular weight excluding hydrogens is 336 g/mol. The van der Waals surface area contributed by atoms with Gasteiger partial charge in [0.15, 0.2) is 0 Å². The Labute approximate surface area is 148 Å². The van der Waals surface area contributed by atoms with Crippen molar-refractivity contribution < 1.29 is 14.7 Å². The number of carboxylic acid groups (broad SMARTS) is 1. The van der Waals surface area contributed by atoms with Crippen LogP contribution in [0.5, 0.6) is 0 Å². The first-order chi connectivity index (χ1) is 12.6. The molecule has 130 valence electrons. The summed E-state index contributed by atoms with van der Waals surface area (Å²) in [5.74, 6) is -0.988. The second-order valence-corrected chi connectivity index (χ2v) is 5.23. The fourth-order valence-electron chi connectivity index (χ4n) is 2.07. The number of carboxylic acids is 1. The molecule has 0 aliphatic carbocycles. The molecule has 26 heavy (non-hydrogen) atoms. The first-order valence-electron chi connectivity index (χ1n) is 7.60. The normalized spacial score (nSPS) is 10.8. The Morgan fingerprint density at radius 2 is 1.85 bits per heavy atom. The molecule has 0 fully saturated rings. The highest BCUT2D eigenvalue weighted by molar-refractivity contribution is 5.89. The van der Waals surface area contributed by atoms with Crippen molar-refractivity contribution in [3.8, 4) is 11.4 Å². The van der Waals surface area contributed by atoms with Crippen molar-refractivity contribution in [1.82, 2.24) is 25.6 Å². The largest absolute Gasteiger partial charge is 0.478 e. The fourth-order valence-corrected chi connectivity index (χ4v) is 2.07. The molecule has 2 N–H and O–H groups in total. The van der Waals surface area contributed by atoms with Gasteiger partial charge in [0, 0.05) is 5.56 Å². The average molecular weight is 350 g/mol. The van der Waals surface area contributed by atoms with E-state index in [0.29, 0.717) is 11.4 Å². The van der Waals surface area contributed by atoms with Crippen molar-refractivity contribution in [2.75, 3.05) is 0 Å². The number of nitrogens with one attached hydrogen (secondary N) is 1. The lowest BCUT2D eigenvalue weighted by Gasteiger charge is -1.99. The van der Waals surface area contributed by atoms with Gasteiger partial charge >= 0.3 is 5.97 Å². The number of hydrogen-bond acceptors (Lipinski definition) is 6. The second kappa shape index (κ2) is 7.79. The number of benzene rings is 2. The lowest BCUT2D eigenvalue weighted by atomic mass is 10.1. The van der Waals surface area contributed by atoms with Gasteiger partial charge in [-0.15, -0.1) is 10.2 Å². The molecule has 0 bridgehead atoms. The molecule has 0 unspecified atom stereocenters. The molecule has 1 aromatic heterocycles. The number of rotatable bonds is 6. The number of tetrazole rings is 1. The Morgan fingerprint density at radius 3 is 2.54 bits per heavy atom. The third-order valence-electron chi connectivity index (χ3n) is 3.33. The van der Waals surface area contributed by atoms with Gasteiger partial charge in [-0.2, -0.15) is 9.90 Å². The maximum atomic E-state index is 11.9. The number of amides is 1. The van der Waals surface area contributed by atoms with E-state index in [9.17, 15) is 9.59 Å². The molecule has 9 heteroatoms. The molecule has 0 radical (unpaired) electrons. The molecule has 2 aromatic carbocycles. The zero-order valence-corrected chi connectivity index (χ0v) is 13.5.